The summed E-state index contributed by atoms with van der Waals surface area (Å²) in [6.07, 6.45) is 17.0. The summed E-state index contributed by atoms with van der Waals surface area (Å²) in [5, 5.41) is 2.74. The van der Waals surface area contributed by atoms with Gasteiger partial charge in [0.15, 0.2) is 0 Å². The van der Waals surface area contributed by atoms with Gasteiger partial charge in [-0.05, 0) is 70.1 Å². The SMILES string of the molecule is COC(=O)C(CC(C)C)NC([C]1[CH][CH][CH][CH]1)P(=O)(O)O.[CH]1[CH][CH][CH][CH]1.[Fe+2]. The van der Waals surface area contributed by atoms with Gasteiger partial charge in [0.25, 0.3) is 0 Å². The van der Waals surface area contributed by atoms with Gasteiger partial charge in [0.05, 0.1) is 7.11 Å². The third kappa shape index (κ3) is 9.87. The molecule has 0 spiro atoms. The molecule has 0 aliphatic heterocycles. The Kier molecular flexibility index (Phi) is 13.4. The first-order valence-electron chi connectivity index (χ1n) is 8.03. The minimum atomic E-state index is -4.43. The van der Waals surface area contributed by atoms with Gasteiger partial charge >= 0.3 is 30.6 Å². The zero-order valence-electron chi connectivity index (χ0n) is 15.1. The second-order valence-corrected chi connectivity index (χ2v) is 7.74. The fourth-order valence-corrected chi connectivity index (χ4v) is 3.25. The summed E-state index contributed by atoms with van der Waals surface area (Å²) >= 11 is 0. The molecule has 6 nitrogen and oxygen atoms in total. The molecule has 2 aliphatic rings. The maximum absolute atomic E-state index is 11.7. The smallest absolute Gasteiger partial charge is 0.468 e. The summed E-state index contributed by atoms with van der Waals surface area (Å²) in [4.78, 5) is 30.7. The molecular weight excluding hydrogens is 397 g/mol. The third-order valence-corrected chi connectivity index (χ3v) is 4.57. The summed E-state index contributed by atoms with van der Waals surface area (Å²) in [6, 6.07) is -0.757. The van der Waals surface area contributed by atoms with Crippen LogP contribution in [0.1, 0.15) is 20.3 Å². The van der Waals surface area contributed by atoms with Crippen molar-refractivity contribution in [2.24, 2.45) is 5.92 Å². The maximum Gasteiger partial charge on any atom is 2.00 e. The standard InChI is InChI=1S/C13H21NO5P.C5H5.Fe/c1-9(2)8-11(13(15)19-3)14-12(20(16,17)18)10-6-4-5-7-10;1-2-4-5-3-1;/h4-7,9,11-12,14H,8H2,1-3H3,(H2,16,17,18);1-5H;/q;;+2. The Morgan fingerprint density at radius 1 is 1.08 bits per heavy atom. The molecule has 2 atom stereocenters. The molecule has 0 heterocycles. The van der Waals surface area contributed by atoms with Crippen LogP contribution in [0.15, 0.2) is 0 Å². The fraction of sp³-hybridized carbons (Fsp3) is 0.389. The van der Waals surface area contributed by atoms with Gasteiger partial charge in [-0.15, -0.1) is 0 Å². The quantitative estimate of drug-likeness (QED) is 0.330. The van der Waals surface area contributed by atoms with Gasteiger partial charge in [-0.1, -0.05) is 13.8 Å². The van der Waals surface area contributed by atoms with E-state index in [1.54, 1.807) is 25.7 Å². The van der Waals surface area contributed by atoms with Crippen LogP contribution in [0.3, 0.4) is 0 Å². The first kappa shape index (κ1) is 26.1. The van der Waals surface area contributed by atoms with E-state index in [0.717, 1.165) is 0 Å². The van der Waals surface area contributed by atoms with E-state index in [9.17, 15) is 19.1 Å². The molecule has 8 heteroatoms. The molecule has 0 bridgehead atoms. The average molecular weight is 423 g/mol. The Morgan fingerprint density at radius 2 is 1.54 bits per heavy atom. The minimum absolute atomic E-state index is 0. The van der Waals surface area contributed by atoms with Crippen molar-refractivity contribution in [3.63, 3.8) is 0 Å². The van der Waals surface area contributed by atoms with E-state index in [0.29, 0.717) is 12.3 Å². The van der Waals surface area contributed by atoms with E-state index in [2.05, 4.69) is 10.1 Å². The molecular formula is C18H26FeNO5P+2. The van der Waals surface area contributed by atoms with Crippen molar-refractivity contribution in [2.75, 3.05) is 7.11 Å². The predicted octanol–water partition coefficient (Wildman–Crippen LogP) is 2.09. The van der Waals surface area contributed by atoms with Crippen LogP contribution in [0.4, 0.5) is 0 Å². The molecule has 2 aliphatic carbocycles. The van der Waals surface area contributed by atoms with Gasteiger partial charge < -0.3 is 14.5 Å². The van der Waals surface area contributed by atoms with Crippen molar-refractivity contribution in [3.05, 3.63) is 63.7 Å². The van der Waals surface area contributed by atoms with Gasteiger partial charge in [-0.3, -0.25) is 14.7 Å². The summed E-state index contributed by atoms with van der Waals surface area (Å²) in [5.74, 6) is -1.09. The van der Waals surface area contributed by atoms with Crippen LogP contribution < -0.4 is 5.32 Å². The molecule has 0 aromatic heterocycles. The van der Waals surface area contributed by atoms with E-state index in [-0.39, 0.29) is 23.0 Å². The van der Waals surface area contributed by atoms with Gasteiger partial charge in [-0.25, -0.2) is 0 Å². The van der Waals surface area contributed by atoms with Crippen molar-refractivity contribution >= 4 is 13.6 Å². The molecule has 0 aromatic rings. The summed E-state index contributed by atoms with van der Waals surface area (Å²) in [5.41, 5.74) is 0. The monoisotopic (exact) mass is 423 g/mol. The average Bonchev–Trinajstić information content (AvgIpc) is 3.24. The number of carbonyl (C=O) groups is 1. The zero-order chi connectivity index (χ0) is 18.9. The van der Waals surface area contributed by atoms with Crippen LogP contribution in [0, 0.1) is 69.6 Å². The second-order valence-electron chi connectivity index (χ2n) is 6.04. The number of rotatable bonds is 7. The zero-order valence-corrected chi connectivity index (χ0v) is 17.1. The van der Waals surface area contributed by atoms with Crippen LogP contribution in [0.2, 0.25) is 0 Å². The first-order chi connectivity index (χ1) is 11.8. The molecule has 26 heavy (non-hydrogen) atoms. The number of carbonyl (C=O) groups excluding carboxylic acids is 1. The van der Waals surface area contributed by atoms with E-state index < -0.39 is 25.4 Å². The van der Waals surface area contributed by atoms with E-state index in [1.165, 1.54) is 7.11 Å². The topological polar surface area (TPSA) is 95.9 Å². The van der Waals surface area contributed by atoms with Crippen LogP contribution in [-0.4, -0.2) is 34.7 Å². The van der Waals surface area contributed by atoms with Gasteiger partial charge in [0.1, 0.15) is 11.8 Å². The van der Waals surface area contributed by atoms with Crippen molar-refractivity contribution in [2.45, 2.75) is 32.1 Å². The van der Waals surface area contributed by atoms with Crippen molar-refractivity contribution in [1.29, 1.82) is 0 Å². The number of esters is 1. The second kappa shape index (κ2) is 13.3. The predicted molar refractivity (Wildman–Crippen MR) is 96.2 cm³/mol. The Labute approximate surface area is 168 Å². The van der Waals surface area contributed by atoms with Crippen LogP contribution >= 0.6 is 7.60 Å². The molecule has 2 fully saturated rings. The summed E-state index contributed by atoms with van der Waals surface area (Å²) in [6.45, 7) is 3.85. The van der Waals surface area contributed by atoms with Crippen molar-refractivity contribution < 1.29 is 41.0 Å². The molecule has 144 valence electrons. The molecule has 0 saturated heterocycles. The molecule has 0 aromatic carbocycles. The van der Waals surface area contributed by atoms with E-state index >= 15 is 0 Å². The van der Waals surface area contributed by atoms with Crippen molar-refractivity contribution in [3.8, 4) is 0 Å². The fourth-order valence-electron chi connectivity index (χ4n) is 2.32. The van der Waals surface area contributed by atoms with Gasteiger partial charge in [0.2, 0.25) is 0 Å². The summed E-state index contributed by atoms with van der Waals surface area (Å²) in [7, 11) is -3.17. The molecule has 2 unspecified atom stereocenters. The largest absolute Gasteiger partial charge is 2.00 e. The normalized spacial score (nSPS) is 20.1. The Hall–Kier alpha value is 0.0995. The number of nitrogens with one attached hydrogen (secondary N) is 1. The van der Waals surface area contributed by atoms with Gasteiger partial charge in [-0.2, -0.15) is 0 Å². The maximum atomic E-state index is 11.7. The molecule has 0 amide bonds. The molecule has 3 N–H and O–H groups in total. The number of ether oxygens (including phenoxy) is 1. The minimum Gasteiger partial charge on any atom is -0.468 e. The summed E-state index contributed by atoms with van der Waals surface area (Å²) < 4.78 is 16.3. The molecule has 2 rings (SSSR count). The van der Waals surface area contributed by atoms with E-state index in [4.69, 9.17) is 0 Å². The number of methoxy groups -OCH3 is 1. The Balaban J connectivity index is 0.000000893. The Bertz CT molecular complexity index is 426. The van der Waals surface area contributed by atoms with Crippen LogP contribution in [0.25, 0.3) is 0 Å². The number of hydrogen-bond acceptors (Lipinski definition) is 4. The van der Waals surface area contributed by atoms with E-state index in [1.807, 2.05) is 46.0 Å². The molecule has 10 radical (unpaired) electrons. The first-order valence-corrected chi connectivity index (χ1v) is 9.71. The van der Waals surface area contributed by atoms with Gasteiger partial charge in [0, 0.05) is 5.92 Å². The molecule has 2 saturated carbocycles. The number of hydrogen-bond donors (Lipinski definition) is 3. The van der Waals surface area contributed by atoms with Crippen LogP contribution in [-0.2, 0) is 31.2 Å². The Morgan fingerprint density at radius 3 is 1.88 bits per heavy atom. The van der Waals surface area contributed by atoms with Crippen molar-refractivity contribution in [1.82, 2.24) is 5.32 Å². The third-order valence-electron chi connectivity index (χ3n) is 3.45. The van der Waals surface area contributed by atoms with Crippen LogP contribution in [0.5, 0.6) is 0 Å².